The van der Waals surface area contributed by atoms with Gasteiger partial charge in [0.25, 0.3) is 5.69 Å². The zero-order valence-electron chi connectivity index (χ0n) is 14.7. The fraction of sp³-hybridized carbons (Fsp3) is 0.529. The molecule has 0 bridgehead atoms. The molecule has 9 heteroatoms. The van der Waals surface area contributed by atoms with Gasteiger partial charge in [0.15, 0.2) is 5.16 Å². The maximum absolute atomic E-state index is 10.8. The van der Waals surface area contributed by atoms with Crippen LogP contribution in [0.15, 0.2) is 23.4 Å². The number of nitrogens with one attached hydrogen (secondary N) is 1. The van der Waals surface area contributed by atoms with Crippen LogP contribution in [-0.4, -0.2) is 32.5 Å². The second-order valence-corrected chi connectivity index (χ2v) is 7.54. The van der Waals surface area contributed by atoms with Crippen molar-refractivity contribution < 1.29 is 4.92 Å². The van der Waals surface area contributed by atoms with E-state index in [1.54, 1.807) is 17.8 Å². The first-order chi connectivity index (χ1) is 12.6. The lowest BCUT2D eigenvalue weighted by atomic mass is 10.2. The number of nitro benzene ring substituents is 1. The van der Waals surface area contributed by atoms with Crippen LogP contribution in [0.3, 0.4) is 0 Å². The van der Waals surface area contributed by atoms with Crippen LogP contribution in [0.25, 0.3) is 0 Å². The summed E-state index contributed by atoms with van der Waals surface area (Å²) < 4.78 is 2.32. The van der Waals surface area contributed by atoms with E-state index in [0.717, 1.165) is 23.8 Å². The molecule has 26 heavy (non-hydrogen) atoms. The van der Waals surface area contributed by atoms with E-state index in [4.69, 9.17) is 11.6 Å². The van der Waals surface area contributed by atoms with Crippen LogP contribution in [0, 0.1) is 10.1 Å². The number of nitro groups is 1. The number of aryl methyl sites for hydroxylation is 1. The van der Waals surface area contributed by atoms with Gasteiger partial charge in [0.2, 0.25) is 0 Å². The topological polar surface area (TPSA) is 85.9 Å². The predicted octanol–water partition coefficient (Wildman–Crippen LogP) is 4.72. The lowest BCUT2D eigenvalue weighted by Gasteiger charge is -2.16. The molecule has 3 rings (SSSR count). The number of nitrogens with zero attached hydrogens (tertiary/aromatic N) is 4. The highest BCUT2D eigenvalue weighted by Gasteiger charge is 2.23. The van der Waals surface area contributed by atoms with Crippen molar-refractivity contribution in [1.29, 1.82) is 0 Å². The molecule has 2 aromatic rings. The van der Waals surface area contributed by atoms with Crippen molar-refractivity contribution in [1.82, 2.24) is 14.8 Å². The largest absolute Gasteiger partial charge is 0.384 e. The number of aromatic nitrogens is 3. The third kappa shape index (κ3) is 4.29. The molecular weight excluding hydrogens is 374 g/mol. The number of halogens is 1. The number of benzene rings is 1. The van der Waals surface area contributed by atoms with Gasteiger partial charge < -0.3 is 9.88 Å². The molecule has 1 heterocycles. The second kappa shape index (κ2) is 8.73. The Morgan fingerprint density at radius 1 is 1.38 bits per heavy atom. The van der Waals surface area contributed by atoms with E-state index >= 15 is 0 Å². The van der Waals surface area contributed by atoms with Crippen molar-refractivity contribution in [3.05, 3.63) is 39.2 Å². The Kier molecular flexibility index (Phi) is 6.37. The molecule has 1 aliphatic rings. The van der Waals surface area contributed by atoms with E-state index in [-0.39, 0.29) is 5.69 Å². The molecule has 1 aliphatic carbocycles. The van der Waals surface area contributed by atoms with Crippen LogP contribution in [0.1, 0.15) is 44.0 Å². The normalized spacial score (nSPS) is 14.7. The van der Waals surface area contributed by atoms with Crippen LogP contribution >= 0.6 is 23.4 Å². The monoisotopic (exact) mass is 395 g/mol. The zero-order chi connectivity index (χ0) is 18.5. The summed E-state index contributed by atoms with van der Waals surface area (Å²) in [4.78, 5) is 10.3. The molecule has 0 spiro atoms. The van der Waals surface area contributed by atoms with Crippen molar-refractivity contribution in [2.75, 3.05) is 18.1 Å². The Labute approximate surface area is 161 Å². The molecule has 140 valence electrons. The van der Waals surface area contributed by atoms with Crippen LogP contribution in [0.2, 0.25) is 5.02 Å². The summed E-state index contributed by atoms with van der Waals surface area (Å²) in [7, 11) is 0. The summed E-state index contributed by atoms with van der Waals surface area (Å²) in [6.45, 7) is 0.712. The SMILES string of the molecule is CSc1nnc(CCCNc2ccc([N+](=O)[O-])cc2Cl)n1C1CCCC1. The van der Waals surface area contributed by atoms with Gasteiger partial charge in [-0.1, -0.05) is 36.2 Å². The Hall–Kier alpha value is -1.80. The summed E-state index contributed by atoms with van der Waals surface area (Å²) in [6, 6.07) is 4.99. The molecule has 0 radical (unpaired) electrons. The molecular formula is C17H22ClN5O2S. The average molecular weight is 396 g/mol. The van der Waals surface area contributed by atoms with Gasteiger partial charge in [-0.2, -0.15) is 0 Å². The van der Waals surface area contributed by atoms with Crippen LogP contribution in [0.5, 0.6) is 0 Å². The zero-order valence-corrected chi connectivity index (χ0v) is 16.2. The number of non-ortho nitro benzene ring substituents is 1. The van der Waals surface area contributed by atoms with E-state index in [2.05, 4.69) is 20.1 Å². The molecule has 0 unspecified atom stereocenters. The molecule has 1 fully saturated rings. The van der Waals surface area contributed by atoms with Crippen LogP contribution in [-0.2, 0) is 6.42 Å². The maximum Gasteiger partial charge on any atom is 0.271 e. The molecule has 0 aliphatic heterocycles. The summed E-state index contributed by atoms with van der Waals surface area (Å²) in [5.41, 5.74) is 0.703. The summed E-state index contributed by atoms with van der Waals surface area (Å²) in [5.74, 6) is 1.04. The first-order valence-corrected chi connectivity index (χ1v) is 10.4. The van der Waals surface area contributed by atoms with Crippen LogP contribution in [0.4, 0.5) is 11.4 Å². The van der Waals surface area contributed by atoms with Gasteiger partial charge >= 0.3 is 0 Å². The standard InChI is InChI=1S/C17H22ClN5O2S/c1-26-17-21-20-16(22(17)12-5-2-3-6-12)7-4-10-19-15-9-8-13(23(24)25)11-14(15)18/h8-9,11-12,19H,2-7,10H2,1H3. The fourth-order valence-electron chi connectivity index (χ4n) is 3.38. The number of rotatable bonds is 8. The third-order valence-corrected chi connectivity index (χ3v) is 5.62. The van der Waals surface area contributed by atoms with Crippen molar-refractivity contribution in [2.45, 2.75) is 49.7 Å². The highest BCUT2D eigenvalue weighted by atomic mass is 35.5. The lowest BCUT2D eigenvalue weighted by molar-refractivity contribution is -0.384. The highest BCUT2D eigenvalue weighted by Crippen LogP contribution is 2.33. The lowest BCUT2D eigenvalue weighted by Crippen LogP contribution is -2.12. The van der Waals surface area contributed by atoms with Gasteiger partial charge in [-0.15, -0.1) is 10.2 Å². The molecule has 1 saturated carbocycles. The summed E-state index contributed by atoms with van der Waals surface area (Å²) in [6.07, 6.45) is 8.71. The molecule has 0 saturated heterocycles. The first kappa shape index (κ1) is 19.0. The number of thioether (sulfide) groups is 1. The van der Waals surface area contributed by atoms with Gasteiger partial charge in [-0.25, -0.2) is 0 Å². The Bertz CT molecular complexity index is 777. The van der Waals surface area contributed by atoms with Crippen molar-refractivity contribution in [2.24, 2.45) is 0 Å². The first-order valence-electron chi connectivity index (χ1n) is 8.75. The van der Waals surface area contributed by atoms with Crippen molar-refractivity contribution in [3.8, 4) is 0 Å². The van der Waals surface area contributed by atoms with Crippen LogP contribution < -0.4 is 5.32 Å². The molecule has 1 aromatic heterocycles. The Balaban J connectivity index is 1.57. The van der Waals surface area contributed by atoms with Gasteiger partial charge in [0.1, 0.15) is 5.82 Å². The van der Waals surface area contributed by atoms with Gasteiger partial charge in [0.05, 0.1) is 15.6 Å². The van der Waals surface area contributed by atoms with E-state index < -0.39 is 4.92 Å². The number of hydrogen-bond acceptors (Lipinski definition) is 6. The smallest absolute Gasteiger partial charge is 0.271 e. The van der Waals surface area contributed by atoms with Gasteiger partial charge in [0, 0.05) is 31.1 Å². The Morgan fingerprint density at radius 3 is 2.81 bits per heavy atom. The van der Waals surface area contributed by atoms with Gasteiger partial charge in [-0.3, -0.25) is 10.1 Å². The number of anilines is 1. The Morgan fingerprint density at radius 2 is 2.15 bits per heavy atom. The fourth-order valence-corrected chi connectivity index (χ4v) is 4.19. The van der Waals surface area contributed by atoms with Crippen molar-refractivity contribution in [3.63, 3.8) is 0 Å². The summed E-state index contributed by atoms with van der Waals surface area (Å²) >= 11 is 7.75. The predicted molar refractivity (Wildman–Crippen MR) is 104 cm³/mol. The number of hydrogen-bond donors (Lipinski definition) is 1. The second-order valence-electron chi connectivity index (χ2n) is 6.36. The molecule has 0 atom stereocenters. The highest BCUT2D eigenvalue weighted by molar-refractivity contribution is 7.98. The molecule has 7 nitrogen and oxygen atoms in total. The average Bonchev–Trinajstić information content (AvgIpc) is 3.28. The minimum Gasteiger partial charge on any atom is -0.384 e. The van der Waals surface area contributed by atoms with E-state index in [0.29, 0.717) is 23.3 Å². The molecule has 1 N–H and O–H groups in total. The minimum atomic E-state index is -0.450. The van der Waals surface area contributed by atoms with E-state index in [1.807, 2.05) is 6.26 Å². The molecule has 1 aromatic carbocycles. The summed E-state index contributed by atoms with van der Waals surface area (Å²) in [5, 5.41) is 24.1. The van der Waals surface area contributed by atoms with E-state index in [9.17, 15) is 10.1 Å². The van der Waals surface area contributed by atoms with Gasteiger partial charge in [-0.05, 0) is 31.6 Å². The quantitative estimate of drug-likeness (QED) is 0.301. The van der Waals surface area contributed by atoms with Crippen molar-refractivity contribution >= 4 is 34.7 Å². The third-order valence-electron chi connectivity index (χ3n) is 4.66. The van der Waals surface area contributed by atoms with E-state index in [1.165, 1.54) is 37.8 Å². The maximum atomic E-state index is 10.8. The molecule has 0 amide bonds. The minimum absolute atomic E-state index is 0.00481.